The van der Waals surface area contributed by atoms with E-state index in [1.165, 1.54) is 25.7 Å². The quantitative estimate of drug-likeness (QED) is 0.829. The summed E-state index contributed by atoms with van der Waals surface area (Å²) < 4.78 is 5.42. The molecule has 0 radical (unpaired) electrons. The van der Waals surface area contributed by atoms with Crippen molar-refractivity contribution in [3.05, 3.63) is 35.9 Å². The molecule has 2 saturated heterocycles. The molecule has 5 heteroatoms. The first kappa shape index (κ1) is 16.4. The summed E-state index contributed by atoms with van der Waals surface area (Å²) in [4.78, 5) is 28.8. The maximum atomic E-state index is 12.7. The van der Waals surface area contributed by atoms with Gasteiger partial charge in [0, 0.05) is 12.6 Å². The van der Waals surface area contributed by atoms with Crippen molar-refractivity contribution < 1.29 is 14.3 Å². The highest BCUT2D eigenvalue weighted by molar-refractivity contribution is 5.84. The molecule has 5 nitrogen and oxygen atoms in total. The summed E-state index contributed by atoms with van der Waals surface area (Å²) in [6.07, 6.45) is 6.81. The Morgan fingerprint density at radius 1 is 1.12 bits per heavy atom. The lowest BCUT2D eigenvalue weighted by atomic mass is 9.94. The summed E-state index contributed by atoms with van der Waals surface area (Å²) in [6.45, 7) is 1.03. The molecule has 1 aliphatic carbocycles. The molecule has 1 unspecified atom stereocenters. The van der Waals surface area contributed by atoms with Crippen molar-refractivity contribution in [1.82, 2.24) is 9.80 Å². The van der Waals surface area contributed by atoms with Crippen LogP contribution in [0.4, 0.5) is 4.79 Å². The average Bonchev–Trinajstić information content (AvgIpc) is 2.83. The van der Waals surface area contributed by atoms with E-state index in [2.05, 4.69) is 4.90 Å². The Kier molecular flexibility index (Phi) is 4.64. The lowest BCUT2D eigenvalue weighted by molar-refractivity contribution is -0.139. The highest BCUT2D eigenvalue weighted by Gasteiger charge is 2.47. The molecule has 0 N–H and O–H groups in total. The molecular weight excluding hydrogens is 316 g/mol. The molecule has 3 aliphatic rings. The minimum Gasteiger partial charge on any atom is -0.445 e. The number of nitrogens with zero attached hydrogens (tertiary/aromatic N) is 2. The van der Waals surface area contributed by atoms with Crippen LogP contribution in [0, 0.1) is 5.92 Å². The van der Waals surface area contributed by atoms with Crippen LogP contribution in [-0.2, 0) is 16.1 Å². The van der Waals surface area contributed by atoms with Crippen molar-refractivity contribution in [3.63, 3.8) is 0 Å². The molecule has 3 fully saturated rings. The van der Waals surface area contributed by atoms with E-state index in [1.54, 1.807) is 4.90 Å². The first-order valence-corrected chi connectivity index (χ1v) is 9.49. The minimum atomic E-state index is -0.371. The normalized spacial score (nSPS) is 29.0. The largest absolute Gasteiger partial charge is 0.445 e. The number of piperazine rings is 1. The van der Waals surface area contributed by atoms with Crippen LogP contribution in [-0.4, -0.2) is 47.0 Å². The maximum Gasteiger partial charge on any atom is 0.410 e. The Bertz CT molecular complexity index is 633. The van der Waals surface area contributed by atoms with Gasteiger partial charge in [0.05, 0.1) is 6.04 Å². The lowest BCUT2D eigenvalue weighted by Crippen LogP contribution is -2.57. The van der Waals surface area contributed by atoms with E-state index in [4.69, 9.17) is 4.74 Å². The predicted molar refractivity (Wildman–Crippen MR) is 93.8 cm³/mol. The zero-order chi connectivity index (χ0) is 17.2. The summed E-state index contributed by atoms with van der Waals surface area (Å²) in [5, 5.41) is 0. The van der Waals surface area contributed by atoms with Crippen LogP contribution >= 0.6 is 0 Å². The van der Waals surface area contributed by atoms with Gasteiger partial charge in [-0.15, -0.1) is 0 Å². The first-order valence-electron chi connectivity index (χ1n) is 9.49. The van der Waals surface area contributed by atoms with E-state index in [0.29, 0.717) is 18.5 Å². The second-order valence-corrected chi connectivity index (χ2v) is 7.58. The molecule has 3 atom stereocenters. The number of hydrogen-bond acceptors (Lipinski definition) is 3. The van der Waals surface area contributed by atoms with Gasteiger partial charge in [-0.1, -0.05) is 49.6 Å². The Hall–Kier alpha value is -2.04. The summed E-state index contributed by atoms with van der Waals surface area (Å²) in [7, 11) is 0. The number of ether oxygens (including phenoxy) is 1. The topological polar surface area (TPSA) is 49.9 Å². The van der Waals surface area contributed by atoms with E-state index < -0.39 is 0 Å². The van der Waals surface area contributed by atoms with Gasteiger partial charge in [-0.25, -0.2) is 4.79 Å². The van der Waals surface area contributed by atoms with Crippen LogP contribution in [0.5, 0.6) is 0 Å². The van der Waals surface area contributed by atoms with Crippen LogP contribution in [0.15, 0.2) is 30.3 Å². The van der Waals surface area contributed by atoms with Crippen molar-refractivity contribution >= 4 is 12.0 Å². The van der Waals surface area contributed by atoms with Crippen molar-refractivity contribution in [2.24, 2.45) is 5.92 Å². The SMILES string of the molecule is O=C(OCc1ccccc1)N1CC(=O)N2C(C[C@@H]3CCCCC[C@H]32)C1. The van der Waals surface area contributed by atoms with Gasteiger partial charge in [-0.2, -0.15) is 0 Å². The van der Waals surface area contributed by atoms with Gasteiger partial charge in [-0.3, -0.25) is 9.69 Å². The highest BCUT2D eigenvalue weighted by atomic mass is 16.6. The highest BCUT2D eigenvalue weighted by Crippen LogP contribution is 2.40. The number of hydrogen-bond donors (Lipinski definition) is 0. The second kappa shape index (κ2) is 7.06. The average molecular weight is 342 g/mol. The summed E-state index contributed by atoms with van der Waals surface area (Å²) in [6, 6.07) is 10.2. The van der Waals surface area contributed by atoms with Crippen molar-refractivity contribution in [3.8, 4) is 0 Å². The van der Waals surface area contributed by atoms with Gasteiger partial charge in [0.25, 0.3) is 0 Å². The third-order valence-corrected chi connectivity index (χ3v) is 5.95. The van der Waals surface area contributed by atoms with Crippen molar-refractivity contribution in [2.45, 2.75) is 57.2 Å². The van der Waals surface area contributed by atoms with Crippen molar-refractivity contribution in [2.75, 3.05) is 13.1 Å². The number of benzene rings is 1. The summed E-state index contributed by atoms with van der Waals surface area (Å²) in [5.41, 5.74) is 0.962. The van der Waals surface area contributed by atoms with Gasteiger partial charge < -0.3 is 9.64 Å². The smallest absolute Gasteiger partial charge is 0.410 e. The number of carbonyl (C=O) groups excluding carboxylic acids is 2. The van der Waals surface area contributed by atoms with Crippen LogP contribution in [0.3, 0.4) is 0 Å². The molecular formula is C20H26N2O3. The molecule has 1 aromatic rings. The third-order valence-electron chi connectivity index (χ3n) is 5.95. The van der Waals surface area contributed by atoms with E-state index in [0.717, 1.165) is 18.4 Å². The molecule has 2 amide bonds. The Morgan fingerprint density at radius 3 is 2.76 bits per heavy atom. The van der Waals surface area contributed by atoms with E-state index >= 15 is 0 Å². The molecule has 25 heavy (non-hydrogen) atoms. The Morgan fingerprint density at radius 2 is 1.92 bits per heavy atom. The van der Waals surface area contributed by atoms with Crippen LogP contribution in [0.2, 0.25) is 0 Å². The zero-order valence-corrected chi connectivity index (χ0v) is 14.6. The fourth-order valence-corrected chi connectivity index (χ4v) is 4.80. The summed E-state index contributed by atoms with van der Waals surface area (Å²) >= 11 is 0. The molecule has 2 aliphatic heterocycles. The van der Waals surface area contributed by atoms with Gasteiger partial charge in [0.2, 0.25) is 5.91 Å². The first-order chi connectivity index (χ1) is 12.2. The molecule has 0 spiro atoms. The molecule has 134 valence electrons. The van der Waals surface area contributed by atoms with Gasteiger partial charge in [0.15, 0.2) is 0 Å². The lowest BCUT2D eigenvalue weighted by Gasteiger charge is -2.39. The third kappa shape index (κ3) is 3.37. The molecule has 2 heterocycles. The zero-order valence-electron chi connectivity index (χ0n) is 14.6. The summed E-state index contributed by atoms with van der Waals surface area (Å²) in [5.74, 6) is 0.721. The number of fused-ring (bicyclic) bond motifs is 3. The standard InChI is InChI=1S/C20H26N2O3/c23-19-13-21(20(24)25-14-15-7-3-1-4-8-15)12-17-11-16-9-5-2-6-10-18(16)22(17)19/h1,3-4,7-8,16-18H,2,5-6,9-14H2/t16-,17?,18+/m0/s1. The minimum absolute atomic E-state index is 0.0994. The molecule has 1 aromatic carbocycles. The fourth-order valence-electron chi connectivity index (χ4n) is 4.80. The van der Waals surface area contributed by atoms with E-state index in [1.807, 2.05) is 30.3 Å². The Labute approximate surface area is 148 Å². The van der Waals surface area contributed by atoms with Gasteiger partial charge >= 0.3 is 6.09 Å². The van der Waals surface area contributed by atoms with Crippen LogP contribution in [0.25, 0.3) is 0 Å². The van der Waals surface area contributed by atoms with Crippen LogP contribution in [0.1, 0.15) is 44.1 Å². The van der Waals surface area contributed by atoms with Crippen molar-refractivity contribution in [1.29, 1.82) is 0 Å². The molecule has 4 rings (SSSR count). The van der Waals surface area contributed by atoms with E-state index in [-0.39, 0.29) is 31.2 Å². The maximum absolute atomic E-state index is 12.7. The molecule has 1 saturated carbocycles. The van der Waals surface area contributed by atoms with Crippen LogP contribution < -0.4 is 0 Å². The molecule has 0 aromatic heterocycles. The van der Waals surface area contributed by atoms with Gasteiger partial charge in [-0.05, 0) is 30.7 Å². The Balaban J connectivity index is 1.38. The predicted octanol–water partition coefficient (Wildman–Crippen LogP) is 3.19. The van der Waals surface area contributed by atoms with E-state index in [9.17, 15) is 9.59 Å². The fraction of sp³-hybridized carbons (Fsp3) is 0.600. The van der Waals surface area contributed by atoms with Gasteiger partial charge in [0.1, 0.15) is 13.2 Å². The second-order valence-electron chi connectivity index (χ2n) is 7.58. The number of rotatable bonds is 2. The molecule has 0 bridgehead atoms. The number of amides is 2. The monoisotopic (exact) mass is 342 g/mol. The number of carbonyl (C=O) groups is 2.